The quantitative estimate of drug-likeness (QED) is 0.821. The largest absolute Gasteiger partial charge is 0.391 e. The van der Waals surface area contributed by atoms with Crippen LogP contribution in [0.5, 0.6) is 0 Å². The number of aromatic nitrogens is 1. The summed E-state index contributed by atoms with van der Waals surface area (Å²) >= 11 is 0. The van der Waals surface area contributed by atoms with Gasteiger partial charge in [-0.05, 0) is 31.0 Å². The van der Waals surface area contributed by atoms with Crippen molar-refractivity contribution in [3.8, 4) is 0 Å². The van der Waals surface area contributed by atoms with E-state index in [9.17, 15) is 5.11 Å². The van der Waals surface area contributed by atoms with Crippen molar-refractivity contribution in [2.75, 3.05) is 25.0 Å². The minimum atomic E-state index is -0.234. The van der Waals surface area contributed by atoms with Gasteiger partial charge in [-0.3, -0.25) is 0 Å². The number of hydrogen-bond donors (Lipinski definition) is 2. The average Bonchev–Trinajstić information content (AvgIpc) is 2.34. The highest BCUT2D eigenvalue weighted by molar-refractivity contribution is 5.40. The van der Waals surface area contributed by atoms with E-state index in [0.717, 1.165) is 25.3 Å². The zero-order valence-electron chi connectivity index (χ0n) is 10.6. The first-order valence-corrected chi connectivity index (χ1v) is 6.23. The van der Waals surface area contributed by atoms with E-state index in [2.05, 4.69) is 28.2 Å². The van der Waals surface area contributed by atoms with Crippen molar-refractivity contribution in [3.05, 3.63) is 23.9 Å². The molecule has 2 rings (SSSR count). The molecule has 0 aliphatic carbocycles. The van der Waals surface area contributed by atoms with E-state index >= 15 is 0 Å². The Morgan fingerprint density at radius 2 is 2.35 bits per heavy atom. The standard InChI is InChI=1S/C13H21N3O/c1-10-5-6-16(9-12(10)17)13-4-3-11(7-14-2)8-15-13/h3-4,8,10,12,14,17H,5-7,9H2,1-2H3. The highest BCUT2D eigenvalue weighted by atomic mass is 16.3. The molecule has 0 bridgehead atoms. The number of rotatable bonds is 3. The van der Waals surface area contributed by atoms with Gasteiger partial charge in [0.05, 0.1) is 6.10 Å². The lowest BCUT2D eigenvalue weighted by Crippen LogP contribution is -2.43. The first-order chi connectivity index (χ1) is 8.20. The summed E-state index contributed by atoms with van der Waals surface area (Å²) in [6.07, 6.45) is 2.69. The normalized spacial score (nSPS) is 25.0. The number of hydrogen-bond acceptors (Lipinski definition) is 4. The van der Waals surface area contributed by atoms with Gasteiger partial charge in [-0.15, -0.1) is 0 Å². The minimum Gasteiger partial charge on any atom is -0.391 e. The molecule has 0 aromatic carbocycles. The van der Waals surface area contributed by atoms with E-state index in [1.165, 1.54) is 5.56 Å². The lowest BCUT2D eigenvalue weighted by molar-refractivity contribution is 0.102. The Bertz CT molecular complexity index is 352. The van der Waals surface area contributed by atoms with Crippen LogP contribution in [0.1, 0.15) is 18.9 Å². The lowest BCUT2D eigenvalue weighted by atomic mass is 9.96. The smallest absolute Gasteiger partial charge is 0.128 e. The maximum atomic E-state index is 9.87. The van der Waals surface area contributed by atoms with Gasteiger partial charge in [-0.25, -0.2) is 4.98 Å². The second-order valence-electron chi connectivity index (χ2n) is 4.83. The number of aliphatic hydroxyl groups excluding tert-OH is 1. The van der Waals surface area contributed by atoms with E-state index in [1.54, 1.807) is 0 Å². The molecule has 1 aromatic heterocycles. The summed E-state index contributed by atoms with van der Waals surface area (Å²) in [7, 11) is 1.93. The van der Waals surface area contributed by atoms with Gasteiger partial charge in [0.2, 0.25) is 0 Å². The molecule has 0 spiro atoms. The maximum absolute atomic E-state index is 9.87. The van der Waals surface area contributed by atoms with Crippen molar-refractivity contribution in [1.29, 1.82) is 0 Å². The van der Waals surface area contributed by atoms with Crippen LogP contribution >= 0.6 is 0 Å². The first kappa shape index (κ1) is 12.3. The van der Waals surface area contributed by atoms with Crippen LogP contribution < -0.4 is 10.2 Å². The minimum absolute atomic E-state index is 0.234. The molecule has 17 heavy (non-hydrogen) atoms. The fourth-order valence-electron chi connectivity index (χ4n) is 2.17. The Labute approximate surface area is 103 Å². The monoisotopic (exact) mass is 235 g/mol. The van der Waals surface area contributed by atoms with E-state index in [-0.39, 0.29) is 6.10 Å². The maximum Gasteiger partial charge on any atom is 0.128 e. The van der Waals surface area contributed by atoms with E-state index < -0.39 is 0 Å². The van der Waals surface area contributed by atoms with Gasteiger partial charge in [0.15, 0.2) is 0 Å². The van der Waals surface area contributed by atoms with E-state index in [1.807, 2.05) is 19.3 Å². The Morgan fingerprint density at radius 3 is 2.94 bits per heavy atom. The summed E-state index contributed by atoms with van der Waals surface area (Å²) in [4.78, 5) is 6.62. The second-order valence-corrected chi connectivity index (χ2v) is 4.83. The first-order valence-electron chi connectivity index (χ1n) is 6.23. The van der Waals surface area contributed by atoms with Gasteiger partial charge in [0.25, 0.3) is 0 Å². The van der Waals surface area contributed by atoms with Gasteiger partial charge in [0.1, 0.15) is 5.82 Å². The van der Waals surface area contributed by atoms with Crippen molar-refractivity contribution < 1.29 is 5.11 Å². The highest BCUT2D eigenvalue weighted by Gasteiger charge is 2.24. The summed E-state index contributed by atoms with van der Waals surface area (Å²) in [5, 5.41) is 13.0. The van der Waals surface area contributed by atoms with Crippen LogP contribution in [0, 0.1) is 5.92 Å². The Kier molecular flexibility index (Phi) is 3.97. The van der Waals surface area contributed by atoms with Gasteiger partial charge < -0.3 is 15.3 Å². The molecule has 0 amide bonds. The summed E-state index contributed by atoms with van der Waals surface area (Å²) in [6, 6.07) is 4.12. The second kappa shape index (κ2) is 5.47. The zero-order valence-corrected chi connectivity index (χ0v) is 10.6. The van der Waals surface area contributed by atoms with Crippen molar-refractivity contribution in [1.82, 2.24) is 10.3 Å². The van der Waals surface area contributed by atoms with Crippen molar-refractivity contribution in [2.24, 2.45) is 5.92 Å². The number of piperidine rings is 1. The average molecular weight is 235 g/mol. The van der Waals surface area contributed by atoms with Crippen LogP contribution in [0.4, 0.5) is 5.82 Å². The topological polar surface area (TPSA) is 48.4 Å². The van der Waals surface area contributed by atoms with E-state index in [4.69, 9.17) is 0 Å². The van der Waals surface area contributed by atoms with Crippen LogP contribution in [0.25, 0.3) is 0 Å². The number of nitrogens with zero attached hydrogens (tertiary/aromatic N) is 2. The van der Waals surface area contributed by atoms with Crippen molar-refractivity contribution in [2.45, 2.75) is 26.0 Å². The third-order valence-corrected chi connectivity index (χ3v) is 3.43. The number of β-amino-alcohol motifs (C(OH)–C–C–N with tert-alkyl or cyclic N) is 1. The van der Waals surface area contributed by atoms with Crippen LogP contribution in [0.15, 0.2) is 18.3 Å². The van der Waals surface area contributed by atoms with Crippen molar-refractivity contribution >= 4 is 5.82 Å². The molecule has 0 radical (unpaired) electrons. The molecule has 2 atom stereocenters. The van der Waals surface area contributed by atoms with Crippen LogP contribution in [0.3, 0.4) is 0 Å². The van der Waals surface area contributed by atoms with Gasteiger partial charge >= 0.3 is 0 Å². The fraction of sp³-hybridized carbons (Fsp3) is 0.615. The van der Waals surface area contributed by atoms with E-state index in [0.29, 0.717) is 12.5 Å². The predicted octanol–water partition coefficient (Wildman–Crippen LogP) is 1.01. The number of pyridine rings is 1. The molecule has 2 heterocycles. The summed E-state index contributed by atoms with van der Waals surface area (Å²) in [5.41, 5.74) is 1.18. The number of aliphatic hydroxyl groups is 1. The van der Waals surface area contributed by atoms with Gasteiger partial charge in [-0.2, -0.15) is 0 Å². The highest BCUT2D eigenvalue weighted by Crippen LogP contribution is 2.21. The summed E-state index contributed by atoms with van der Waals surface area (Å²) in [5.74, 6) is 1.37. The molecule has 94 valence electrons. The zero-order chi connectivity index (χ0) is 12.3. The van der Waals surface area contributed by atoms with Gasteiger partial charge in [0, 0.05) is 25.8 Å². The third kappa shape index (κ3) is 2.96. The van der Waals surface area contributed by atoms with Crippen molar-refractivity contribution in [3.63, 3.8) is 0 Å². The molecular weight excluding hydrogens is 214 g/mol. The Hall–Kier alpha value is -1.13. The molecule has 0 saturated carbocycles. The molecule has 2 unspecified atom stereocenters. The molecule has 1 aliphatic heterocycles. The summed E-state index contributed by atoms with van der Waals surface area (Å²) in [6.45, 7) is 4.62. The molecule has 1 aromatic rings. The molecular formula is C13H21N3O. The SMILES string of the molecule is CNCc1ccc(N2CCC(C)C(O)C2)nc1. The third-order valence-electron chi connectivity index (χ3n) is 3.43. The summed E-state index contributed by atoms with van der Waals surface area (Å²) < 4.78 is 0. The Balaban J connectivity index is 2.02. The molecule has 4 nitrogen and oxygen atoms in total. The Morgan fingerprint density at radius 1 is 1.53 bits per heavy atom. The molecule has 1 fully saturated rings. The molecule has 4 heteroatoms. The molecule has 2 N–H and O–H groups in total. The predicted molar refractivity (Wildman–Crippen MR) is 69.0 cm³/mol. The van der Waals surface area contributed by atoms with Crippen LogP contribution in [0.2, 0.25) is 0 Å². The number of anilines is 1. The van der Waals surface area contributed by atoms with Gasteiger partial charge in [-0.1, -0.05) is 13.0 Å². The fourth-order valence-corrected chi connectivity index (χ4v) is 2.17. The molecule has 1 aliphatic rings. The van der Waals surface area contributed by atoms with Crippen LogP contribution in [-0.4, -0.2) is 36.3 Å². The molecule has 1 saturated heterocycles. The van der Waals surface area contributed by atoms with Crippen LogP contribution in [-0.2, 0) is 6.54 Å². The lowest BCUT2D eigenvalue weighted by Gasteiger charge is -2.35. The number of nitrogens with one attached hydrogen (secondary N) is 1.